The standard InChI is InChI=1S/C26H33N5O6.C2H6/c1-26(2,3)37-24(34)27-15-18-16-30(12-13-36-18)11-5-6-17-7-8-19-21(14-17)29(4)25(35)31(19)20-9-10-22(32)28-23(20)33;1-2/h7-8,14,18,20H,9-13,15-16H2,1-4H3,(H,27,34)(H,28,32,33);1-2H3. The number of imide groups is 1. The Morgan fingerprint density at radius 3 is 2.64 bits per heavy atom. The van der Waals surface area contributed by atoms with E-state index in [1.54, 1.807) is 13.1 Å². The van der Waals surface area contributed by atoms with Crippen molar-refractivity contribution in [2.75, 3.05) is 32.8 Å². The average molecular weight is 542 g/mol. The molecule has 0 spiro atoms. The summed E-state index contributed by atoms with van der Waals surface area (Å²) < 4.78 is 14.0. The molecule has 4 rings (SSSR count). The van der Waals surface area contributed by atoms with Gasteiger partial charge in [-0.2, -0.15) is 0 Å². The second kappa shape index (κ2) is 13.0. The molecule has 2 aromatic rings. The Bertz CT molecular complexity index is 1330. The van der Waals surface area contributed by atoms with E-state index in [9.17, 15) is 19.2 Å². The Kier molecular flexibility index (Phi) is 9.94. The fraction of sp³-hybridized carbons (Fsp3) is 0.571. The van der Waals surface area contributed by atoms with E-state index in [0.29, 0.717) is 43.7 Å². The molecule has 2 saturated heterocycles. The summed E-state index contributed by atoms with van der Waals surface area (Å²) in [4.78, 5) is 50.8. The van der Waals surface area contributed by atoms with E-state index in [-0.39, 0.29) is 24.1 Å². The maximum atomic E-state index is 12.9. The fourth-order valence-corrected chi connectivity index (χ4v) is 4.48. The second-order valence-electron chi connectivity index (χ2n) is 10.3. The molecule has 2 fully saturated rings. The number of amides is 3. The van der Waals surface area contributed by atoms with Crippen LogP contribution in [0.15, 0.2) is 23.0 Å². The summed E-state index contributed by atoms with van der Waals surface area (Å²) in [5.74, 6) is 5.56. The number of fused-ring (bicyclic) bond motifs is 1. The molecule has 1 aromatic heterocycles. The molecule has 11 heteroatoms. The molecule has 2 aliphatic rings. The van der Waals surface area contributed by atoms with Gasteiger partial charge in [0, 0.05) is 38.7 Å². The smallest absolute Gasteiger partial charge is 0.407 e. The molecule has 3 amide bonds. The average Bonchev–Trinajstić information content (AvgIpc) is 3.13. The number of hydrogen-bond donors (Lipinski definition) is 2. The molecule has 2 atom stereocenters. The summed E-state index contributed by atoms with van der Waals surface area (Å²) in [6, 6.07) is 4.73. The molecular formula is C28H39N5O6. The first kappa shape index (κ1) is 29.9. The number of piperidine rings is 1. The maximum absolute atomic E-state index is 12.9. The van der Waals surface area contributed by atoms with Gasteiger partial charge in [-0.3, -0.25) is 28.9 Å². The number of morpholine rings is 1. The molecule has 212 valence electrons. The van der Waals surface area contributed by atoms with Crippen molar-refractivity contribution < 1.29 is 23.9 Å². The van der Waals surface area contributed by atoms with Crippen LogP contribution in [0, 0.1) is 11.8 Å². The third-order valence-corrected chi connectivity index (χ3v) is 6.24. The van der Waals surface area contributed by atoms with Crippen LogP contribution in [0.3, 0.4) is 0 Å². The molecule has 0 aliphatic carbocycles. The lowest BCUT2D eigenvalue weighted by molar-refractivity contribution is -0.135. The van der Waals surface area contributed by atoms with Gasteiger partial charge >= 0.3 is 11.8 Å². The number of hydrogen-bond acceptors (Lipinski definition) is 7. The SMILES string of the molecule is CC.Cn1c(=O)n(C2CCC(=O)NC2=O)c2ccc(C#CCN3CCOC(CNC(=O)OC(C)(C)C)C3)cc21. The summed E-state index contributed by atoms with van der Waals surface area (Å²) in [7, 11) is 1.66. The highest BCUT2D eigenvalue weighted by molar-refractivity contribution is 6.00. The first-order valence-corrected chi connectivity index (χ1v) is 13.4. The fourth-order valence-electron chi connectivity index (χ4n) is 4.48. The quantitative estimate of drug-likeness (QED) is 0.448. The number of rotatable bonds is 4. The molecule has 2 unspecified atom stereocenters. The number of aryl methyl sites for hydroxylation is 1. The van der Waals surface area contributed by atoms with E-state index in [1.165, 1.54) is 9.13 Å². The molecule has 39 heavy (non-hydrogen) atoms. The van der Waals surface area contributed by atoms with E-state index >= 15 is 0 Å². The van der Waals surface area contributed by atoms with Crippen LogP contribution in [-0.2, 0) is 26.1 Å². The Morgan fingerprint density at radius 2 is 1.95 bits per heavy atom. The topological polar surface area (TPSA) is 124 Å². The van der Waals surface area contributed by atoms with E-state index < -0.39 is 23.6 Å². The zero-order chi connectivity index (χ0) is 28.7. The number of alkyl carbamates (subject to hydrolysis) is 1. The highest BCUT2D eigenvalue weighted by Crippen LogP contribution is 2.23. The van der Waals surface area contributed by atoms with Crippen LogP contribution < -0.4 is 16.3 Å². The minimum Gasteiger partial charge on any atom is -0.444 e. The third-order valence-electron chi connectivity index (χ3n) is 6.24. The summed E-state index contributed by atoms with van der Waals surface area (Å²) in [6.45, 7) is 12.2. The molecule has 2 aliphatic heterocycles. The van der Waals surface area contributed by atoms with Crippen molar-refractivity contribution in [2.24, 2.45) is 7.05 Å². The maximum Gasteiger partial charge on any atom is 0.407 e. The summed E-state index contributed by atoms with van der Waals surface area (Å²) >= 11 is 0. The van der Waals surface area contributed by atoms with Crippen molar-refractivity contribution in [3.63, 3.8) is 0 Å². The number of imidazole rings is 1. The largest absolute Gasteiger partial charge is 0.444 e. The van der Waals surface area contributed by atoms with Gasteiger partial charge in [0.05, 0.1) is 30.3 Å². The van der Waals surface area contributed by atoms with Crippen LogP contribution in [0.2, 0.25) is 0 Å². The van der Waals surface area contributed by atoms with Gasteiger partial charge in [-0.1, -0.05) is 25.7 Å². The van der Waals surface area contributed by atoms with E-state index in [2.05, 4.69) is 27.4 Å². The Balaban J connectivity index is 0.00000205. The number of nitrogens with one attached hydrogen (secondary N) is 2. The van der Waals surface area contributed by atoms with Gasteiger partial charge in [0.1, 0.15) is 11.6 Å². The lowest BCUT2D eigenvalue weighted by Gasteiger charge is -2.31. The number of carbonyl (C=O) groups is 3. The predicted molar refractivity (Wildman–Crippen MR) is 147 cm³/mol. The molecule has 11 nitrogen and oxygen atoms in total. The first-order chi connectivity index (χ1) is 18.5. The summed E-state index contributed by atoms with van der Waals surface area (Å²) in [5, 5.41) is 5.06. The lowest BCUT2D eigenvalue weighted by atomic mass is 10.1. The Morgan fingerprint density at radius 1 is 1.21 bits per heavy atom. The molecule has 3 heterocycles. The van der Waals surface area contributed by atoms with Gasteiger partial charge < -0.3 is 14.8 Å². The molecular weight excluding hydrogens is 502 g/mol. The van der Waals surface area contributed by atoms with Gasteiger partial charge in [0.25, 0.3) is 0 Å². The van der Waals surface area contributed by atoms with Crippen molar-refractivity contribution >= 4 is 28.9 Å². The minimum absolute atomic E-state index is 0.152. The van der Waals surface area contributed by atoms with Gasteiger partial charge in [-0.15, -0.1) is 0 Å². The second-order valence-corrected chi connectivity index (χ2v) is 10.3. The first-order valence-electron chi connectivity index (χ1n) is 13.4. The van der Waals surface area contributed by atoms with Crippen molar-refractivity contribution in [1.82, 2.24) is 24.7 Å². The van der Waals surface area contributed by atoms with Gasteiger partial charge in [-0.05, 0) is 45.4 Å². The molecule has 1 aromatic carbocycles. The van der Waals surface area contributed by atoms with Crippen molar-refractivity contribution in [3.8, 4) is 11.8 Å². The van der Waals surface area contributed by atoms with Crippen molar-refractivity contribution in [3.05, 3.63) is 34.2 Å². The van der Waals surface area contributed by atoms with E-state index in [4.69, 9.17) is 9.47 Å². The van der Waals surface area contributed by atoms with E-state index in [1.807, 2.05) is 46.8 Å². The monoisotopic (exact) mass is 541 g/mol. The molecule has 0 saturated carbocycles. The zero-order valence-electron chi connectivity index (χ0n) is 23.6. The molecule has 0 radical (unpaired) electrons. The van der Waals surface area contributed by atoms with Gasteiger partial charge in [0.2, 0.25) is 11.8 Å². The third kappa shape index (κ3) is 7.71. The number of benzene rings is 1. The highest BCUT2D eigenvalue weighted by atomic mass is 16.6. The lowest BCUT2D eigenvalue weighted by Crippen LogP contribution is -2.48. The number of nitrogens with zero attached hydrogens (tertiary/aromatic N) is 3. The van der Waals surface area contributed by atoms with Crippen LogP contribution >= 0.6 is 0 Å². The minimum atomic E-state index is -0.718. The van der Waals surface area contributed by atoms with Crippen LogP contribution in [0.5, 0.6) is 0 Å². The summed E-state index contributed by atoms with van der Waals surface area (Å²) in [5.41, 5.74) is 1.18. The van der Waals surface area contributed by atoms with Crippen molar-refractivity contribution in [2.45, 2.75) is 65.2 Å². The highest BCUT2D eigenvalue weighted by Gasteiger charge is 2.31. The zero-order valence-corrected chi connectivity index (χ0v) is 23.6. The predicted octanol–water partition coefficient (Wildman–Crippen LogP) is 1.92. The van der Waals surface area contributed by atoms with Crippen molar-refractivity contribution in [1.29, 1.82) is 0 Å². The number of aromatic nitrogens is 2. The number of carbonyl (C=O) groups excluding carboxylic acids is 3. The van der Waals surface area contributed by atoms with Gasteiger partial charge in [-0.25, -0.2) is 9.59 Å². The number of ether oxygens (including phenoxy) is 2. The van der Waals surface area contributed by atoms with Crippen LogP contribution in [0.4, 0.5) is 4.79 Å². The Labute approximate surface area is 228 Å². The molecule has 0 bridgehead atoms. The Hall–Kier alpha value is -3.62. The molecule has 2 N–H and O–H groups in total. The summed E-state index contributed by atoms with van der Waals surface area (Å²) in [6.07, 6.45) is -0.133. The normalized spacial score (nSPS) is 19.8. The van der Waals surface area contributed by atoms with Crippen LogP contribution in [0.1, 0.15) is 59.1 Å². The van der Waals surface area contributed by atoms with E-state index in [0.717, 1.165) is 12.1 Å². The van der Waals surface area contributed by atoms with Gasteiger partial charge in [0.15, 0.2) is 0 Å². The van der Waals surface area contributed by atoms with Crippen LogP contribution in [0.25, 0.3) is 11.0 Å². The van der Waals surface area contributed by atoms with Crippen LogP contribution in [-0.4, -0.2) is 76.4 Å².